The molecule has 0 aliphatic heterocycles. The van der Waals surface area contributed by atoms with Crippen LogP contribution in [0.2, 0.25) is 0 Å². The molecule has 5 heteroatoms. The van der Waals surface area contributed by atoms with Gasteiger partial charge in [-0.1, -0.05) is 12.1 Å². The summed E-state index contributed by atoms with van der Waals surface area (Å²) in [5.74, 6) is -1.01. The fraction of sp³-hybridized carbons (Fsp3) is 0.222. The first-order valence-electron chi connectivity index (χ1n) is 3.76. The zero-order chi connectivity index (χ0) is 10.1. The lowest BCUT2D eigenvalue weighted by molar-refractivity contribution is -0.143. The Morgan fingerprint density at radius 2 is 1.79 bits per heavy atom. The Bertz CT molecular complexity index is 321. The van der Waals surface area contributed by atoms with E-state index in [1.165, 1.54) is 31.2 Å². The summed E-state index contributed by atoms with van der Waals surface area (Å²) in [4.78, 5) is 10.7. The fourth-order valence-corrected chi connectivity index (χ4v) is 0.931. The molecule has 0 saturated heterocycles. The molecule has 0 aliphatic rings. The van der Waals surface area contributed by atoms with E-state index in [2.05, 4.69) is 0 Å². The Hall–Kier alpha value is -1.26. The second-order valence-corrected chi connectivity index (χ2v) is 3.05. The van der Waals surface area contributed by atoms with Gasteiger partial charge in [0.25, 0.3) is 0 Å². The largest absolute Gasteiger partial charge is 0.508 e. The highest BCUT2D eigenvalue weighted by atomic mass is 35.5. The Balaban J connectivity index is 0.00000169. The second kappa shape index (κ2) is 4.30. The molecule has 0 radical (unpaired) electrons. The minimum absolute atomic E-state index is 0. The number of rotatable bonds is 2. The van der Waals surface area contributed by atoms with E-state index in [-0.39, 0.29) is 18.2 Å². The summed E-state index contributed by atoms with van der Waals surface area (Å²) >= 11 is 0. The van der Waals surface area contributed by atoms with Crippen molar-refractivity contribution in [3.63, 3.8) is 0 Å². The molecule has 0 unspecified atom stereocenters. The van der Waals surface area contributed by atoms with E-state index in [9.17, 15) is 4.79 Å². The Labute approximate surface area is 87.8 Å². The third-order valence-electron chi connectivity index (χ3n) is 1.91. The first kappa shape index (κ1) is 12.7. The quantitative estimate of drug-likeness (QED) is 0.692. The topological polar surface area (TPSA) is 83.6 Å². The van der Waals surface area contributed by atoms with E-state index in [1.807, 2.05) is 0 Å². The van der Waals surface area contributed by atoms with Crippen molar-refractivity contribution in [3.8, 4) is 5.75 Å². The highest BCUT2D eigenvalue weighted by Gasteiger charge is 2.29. The smallest absolute Gasteiger partial charge is 0.328 e. The monoisotopic (exact) mass is 217 g/mol. The first-order chi connectivity index (χ1) is 5.94. The van der Waals surface area contributed by atoms with Crippen molar-refractivity contribution in [1.29, 1.82) is 0 Å². The summed E-state index contributed by atoms with van der Waals surface area (Å²) in [5, 5.41) is 17.7. The van der Waals surface area contributed by atoms with E-state index in [0.717, 1.165) is 0 Å². The van der Waals surface area contributed by atoms with E-state index in [4.69, 9.17) is 15.9 Å². The molecule has 1 aromatic rings. The van der Waals surface area contributed by atoms with E-state index >= 15 is 0 Å². The number of aromatic hydroxyl groups is 1. The second-order valence-electron chi connectivity index (χ2n) is 3.05. The molecule has 0 aromatic heterocycles. The van der Waals surface area contributed by atoms with Gasteiger partial charge in [0.1, 0.15) is 11.3 Å². The van der Waals surface area contributed by atoms with Crippen LogP contribution in [0.5, 0.6) is 5.75 Å². The molecule has 1 rings (SSSR count). The van der Waals surface area contributed by atoms with Gasteiger partial charge in [0, 0.05) is 0 Å². The van der Waals surface area contributed by atoms with Gasteiger partial charge in [-0.3, -0.25) is 0 Å². The summed E-state index contributed by atoms with van der Waals surface area (Å²) in [6, 6.07) is 5.79. The van der Waals surface area contributed by atoms with Crippen molar-refractivity contribution in [2.24, 2.45) is 5.73 Å². The molecule has 4 N–H and O–H groups in total. The molecule has 0 bridgehead atoms. The van der Waals surface area contributed by atoms with Crippen LogP contribution in [0, 0.1) is 0 Å². The Kier molecular flexibility index (Phi) is 3.92. The van der Waals surface area contributed by atoms with Gasteiger partial charge in [-0.15, -0.1) is 12.4 Å². The normalized spacial score (nSPS) is 13.9. The summed E-state index contributed by atoms with van der Waals surface area (Å²) in [6.07, 6.45) is 0. The molecule has 0 saturated carbocycles. The van der Waals surface area contributed by atoms with Gasteiger partial charge in [0.2, 0.25) is 0 Å². The van der Waals surface area contributed by atoms with Gasteiger partial charge >= 0.3 is 5.97 Å². The SMILES string of the molecule is C[C@](N)(C(=O)O)c1ccc(O)cc1.Cl. The molecule has 0 amide bonds. The van der Waals surface area contributed by atoms with Crippen LogP contribution in [0.15, 0.2) is 24.3 Å². The third-order valence-corrected chi connectivity index (χ3v) is 1.91. The van der Waals surface area contributed by atoms with Crippen LogP contribution in [0.1, 0.15) is 12.5 Å². The molecule has 78 valence electrons. The number of phenolic OH excluding ortho intramolecular Hbond substituents is 1. The number of nitrogens with two attached hydrogens (primary N) is 1. The van der Waals surface area contributed by atoms with Gasteiger partial charge in [0.05, 0.1) is 0 Å². The summed E-state index contributed by atoms with van der Waals surface area (Å²) < 4.78 is 0. The van der Waals surface area contributed by atoms with Gasteiger partial charge in [-0.25, -0.2) is 4.79 Å². The number of hydrogen-bond donors (Lipinski definition) is 3. The minimum atomic E-state index is -1.41. The molecule has 1 aromatic carbocycles. The predicted molar refractivity (Wildman–Crippen MR) is 54.5 cm³/mol. The Morgan fingerprint density at radius 1 is 1.36 bits per heavy atom. The maximum absolute atomic E-state index is 10.7. The summed E-state index contributed by atoms with van der Waals surface area (Å²) in [6.45, 7) is 1.40. The zero-order valence-electron chi connectivity index (χ0n) is 7.60. The predicted octanol–water partition coefficient (Wildman–Crippen LogP) is 1.07. The molecule has 0 fully saturated rings. The van der Waals surface area contributed by atoms with Crippen molar-refractivity contribution in [2.75, 3.05) is 0 Å². The summed E-state index contributed by atoms with van der Waals surface area (Å²) in [7, 11) is 0. The van der Waals surface area contributed by atoms with Crippen LogP contribution < -0.4 is 5.73 Å². The molecular weight excluding hydrogens is 206 g/mol. The van der Waals surface area contributed by atoms with Crippen LogP contribution in [0.4, 0.5) is 0 Å². The van der Waals surface area contributed by atoms with Crippen molar-refractivity contribution in [2.45, 2.75) is 12.5 Å². The first-order valence-corrected chi connectivity index (χ1v) is 3.76. The molecule has 1 atom stereocenters. The van der Waals surface area contributed by atoms with E-state index < -0.39 is 11.5 Å². The number of halogens is 1. The number of carbonyl (C=O) groups is 1. The number of carboxylic acid groups (broad SMARTS) is 1. The van der Waals surface area contributed by atoms with Crippen LogP contribution in [0.25, 0.3) is 0 Å². The minimum Gasteiger partial charge on any atom is -0.508 e. The fourth-order valence-electron chi connectivity index (χ4n) is 0.931. The van der Waals surface area contributed by atoms with Crippen molar-refractivity contribution >= 4 is 18.4 Å². The van der Waals surface area contributed by atoms with Gasteiger partial charge in [0.15, 0.2) is 0 Å². The maximum atomic E-state index is 10.7. The standard InChI is InChI=1S/C9H11NO3.ClH/c1-9(10,8(12)13)6-2-4-7(11)5-3-6;/h2-5,11H,10H2,1H3,(H,12,13);1H/t9-;/m1./s1. The summed E-state index contributed by atoms with van der Waals surface area (Å²) in [5.41, 5.74) is 4.60. The van der Waals surface area contributed by atoms with Crippen LogP contribution in [-0.4, -0.2) is 16.2 Å². The highest BCUT2D eigenvalue weighted by molar-refractivity contribution is 5.85. The average molecular weight is 218 g/mol. The van der Waals surface area contributed by atoms with Gasteiger partial charge in [-0.2, -0.15) is 0 Å². The Morgan fingerprint density at radius 3 is 2.14 bits per heavy atom. The van der Waals surface area contributed by atoms with Gasteiger partial charge < -0.3 is 15.9 Å². The van der Waals surface area contributed by atoms with Gasteiger partial charge in [-0.05, 0) is 24.6 Å². The van der Waals surface area contributed by atoms with Crippen LogP contribution >= 0.6 is 12.4 Å². The molecule has 14 heavy (non-hydrogen) atoms. The third kappa shape index (κ3) is 2.37. The maximum Gasteiger partial charge on any atom is 0.328 e. The molecule has 0 heterocycles. The lowest BCUT2D eigenvalue weighted by atomic mass is 9.93. The van der Waals surface area contributed by atoms with Crippen LogP contribution in [-0.2, 0) is 10.3 Å². The molecule has 4 nitrogen and oxygen atoms in total. The number of aliphatic carboxylic acids is 1. The molecule has 0 aliphatic carbocycles. The highest BCUT2D eigenvalue weighted by Crippen LogP contribution is 2.20. The molecule has 0 spiro atoms. The number of hydrogen-bond acceptors (Lipinski definition) is 3. The lowest BCUT2D eigenvalue weighted by Gasteiger charge is -2.19. The van der Waals surface area contributed by atoms with Crippen molar-refractivity contribution in [3.05, 3.63) is 29.8 Å². The number of phenols is 1. The van der Waals surface area contributed by atoms with E-state index in [1.54, 1.807) is 0 Å². The average Bonchev–Trinajstić information content (AvgIpc) is 2.04. The zero-order valence-corrected chi connectivity index (χ0v) is 8.41. The lowest BCUT2D eigenvalue weighted by Crippen LogP contribution is -2.41. The van der Waals surface area contributed by atoms with E-state index in [0.29, 0.717) is 5.56 Å². The van der Waals surface area contributed by atoms with Crippen LogP contribution in [0.3, 0.4) is 0 Å². The molecular formula is C9H12ClNO3. The van der Waals surface area contributed by atoms with Crippen molar-refractivity contribution < 1.29 is 15.0 Å². The van der Waals surface area contributed by atoms with Crippen molar-refractivity contribution in [1.82, 2.24) is 0 Å². The number of benzene rings is 1. The number of carboxylic acids is 1.